The molecule has 1 saturated carbocycles. The molecule has 0 bridgehead atoms. The van der Waals surface area contributed by atoms with Crippen molar-refractivity contribution in [1.82, 2.24) is 0 Å². The fourth-order valence-electron chi connectivity index (χ4n) is 5.46. The summed E-state index contributed by atoms with van der Waals surface area (Å²) in [7, 11) is 0. The van der Waals surface area contributed by atoms with E-state index in [9.17, 15) is 0 Å². The van der Waals surface area contributed by atoms with Gasteiger partial charge >= 0.3 is 0 Å². The maximum Gasteiger partial charge on any atom is 0.0659 e. The molecule has 0 atom stereocenters. The van der Waals surface area contributed by atoms with Crippen LogP contribution in [0.2, 0.25) is 0 Å². The van der Waals surface area contributed by atoms with Crippen LogP contribution in [0.5, 0.6) is 0 Å². The Hall–Kier alpha value is -3.78. The zero-order valence-corrected chi connectivity index (χ0v) is 21.3. The van der Waals surface area contributed by atoms with Crippen molar-refractivity contribution < 1.29 is 0 Å². The average Bonchev–Trinajstić information content (AvgIpc) is 2.93. The first-order chi connectivity index (χ1) is 17.6. The van der Waals surface area contributed by atoms with Crippen LogP contribution < -0.4 is 0 Å². The van der Waals surface area contributed by atoms with Crippen molar-refractivity contribution in [1.29, 1.82) is 0 Å². The number of rotatable bonds is 6. The second-order valence-electron chi connectivity index (χ2n) is 9.98. The van der Waals surface area contributed by atoms with Crippen LogP contribution in [-0.2, 0) is 5.41 Å². The Labute approximate surface area is 215 Å². The maximum atomic E-state index is 4.79. The van der Waals surface area contributed by atoms with Crippen LogP contribution in [0.1, 0.15) is 65.5 Å². The Bertz CT molecular complexity index is 1260. The van der Waals surface area contributed by atoms with Gasteiger partial charge in [-0.15, -0.1) is 0 Å². The van der Waals surface area contributed by atoms with Crippen LogP contribution in [0.15, 0.2) is 107 Å². The molecule has 0 amide bonds. The van der Waals surface area contributed by atoms with Crippen molar-refractivity contribution in [2.24, 2.45) is 9.98 Å². The summed E-state index contributed by atoms with van der Waals surface area (Å²) in [5.74, 6) is 0. The summed E-state index contributed by atoms with van der Waals surface area (Å²) in [6.07, 6.45) is 10.1. The molecule has 1 aliphatic rings. The monoisotopic (exact) mass is 470 g/mol. The summed E-state index contributed by atoms with van der Waals surface area (Å²) in [5.41, 5.74) is 9.65. The predicted octanol–water partition coefficient (Wildman–Crippen LogP) is 9.05. The molecule has 0 spiro atoms. The number of aryl methyl sites for hydroxylation is 2. The average molecular weight is 471 g/mol. The second-order valence-corrected chi connectivity index (χ2v) is 9.98. The summed E-state index contributed by atoms with van der Waals surface area (Å²) in [6.45, 7) is 4.37. The van der Waals surface area contributed by atoms with E-state index in [1.165, 1.54) is 54.4 Å². The highest BCUT2D eigenvalue weighted by molar-refractivity contribution is 5.83. The Morgan fingerprint density at radius 3 is 1.42 bits per heavy atom. The third kappa shape index (κ3) is 5.23. The lowest BCUT2D eigenvalue weighted by Gasteiger charge is -2.39. The maximum absolute atomic E-state index is 4.79. The first-order valence-corrected chi connectivity index (χ1v) is 13.0. The lowest BCUT2D eigenvalue weighted by molar-refractivity contribution is 0.346. The molecule has 1 fully saturated rings. The summed E-state index contributed by atoms with van der Waals surface area (Å²) in [6, 6.07) is 34.4. The van der Waals surface area contributed by atoms with Crippen molar-refractivity contribution >= 4 is 23.8 Å². The first kappa shape index (κ1) is 23.9. The molecular formula is C34H34N2. The zero-order valence-electron chi connectivity index (χ0n) is 21.3. The predicted molar refractivity (Wildman–Crippen MR) is 154 cm³/mol. The summed E-state index contributed by atoms with van der Waals surface area (Å²) < 4.78 is 0. The summed E-state index contributed by atoms with van der Waals surface area (Å²) >= 11 is 0. The summed E-state index contributed by atoms with van der Waals surface area (Å²) in [4.78, 5) is 9.58. The molecule has 2 heteroatoms. The van der Waals surface area contributed by atoms with Crippen LogP contribution in [0.25, 0.3) is 0 Å². The third-order valence-corrected chi connectivity index (χ3v) is 7.51. The van der Waals surface area contributed by atoms with Crippen LogP contribution >= 0.6 is 0 Å². The van der Waals surface area contributed by atoms with E-state index in [0.717, 1.165) is 22.5 Å². The Kier molecular flexibility index (Phi) is 7.23. The highest BCUT2D eigenvalue weighted by Gasteiger charge is 2.36. The van der Waals surface area contributed by atoms with E-state index < -0.39 is 0 Å². The van der Waals surface area contributed by atoms with Gasteiger partial charge in [-0.3, -0.25) is 9.98 Å². The van der Waals surface area contributed by atoms with Crippen molar-refractivity contribution in [3.8, 4) is 0 Å². The molecular weight excluding hydrogens is 436 g/mol. The molecule has 5 rings (SSSR count). The van der Waals surface area contributed by atoms with Gasteiger partial charge in [-0.1, -0.05) is 104 Å². The molecule has 4 aromatic rings. The third-order valence-electron chi connectivity index (χ3n) is 7.51. The van der Waals surface area contributed by atoms with Gasteiger partial charge in [0, 0.05) is 17.8 Å². The molecule has 0 unspecified atom stereocenters. The fraction of sp³-hybridized carbons (Fsp3) is 0.235. The standard InChI is InChI=1S/C34H34N2/c1-26-22-30(16-18-32(26)35-24-28-12-6-3-7-13-28)34(20-10-5-11-21-34)31-17-19-33(27(2)23-31)36-25-29-14-8-4-9-15-29/h3-4,6-9,12-19,22-25H,5,10-11,20-21H2,1-2H3. The van der Waals surface area contributed by atoms with Crippen molar-refractivity contribution in [3.05, 3.63) is 130 Å². The molecule has 0 aliphatic heterocycles. The van der Waals surface area contributed by atoms with Crippen molar-refractivity contribution in [2.45, 2.75) is 51.4 Å². The van der Waals surface area contributed by atoms with Crippen LogP contribution in [-0.4, -0.2) is 12.4 Å². The van der Waals surface area contributed by atoms with Gasteiger partial charge in [0.05, 0.1) is 11.4 Å². The highest BCUT2D eigenvalue weighted by atomic mass is 14.7. The Morgan fingerprint density at radius 2 is 1.00 bits per heavy atom. The van der Waals surface area contributed by atoms with Gasteiger partial charge in [0.15, 0.2) is 0 Å². The molecule has 0 radical (unpaired) electrons. The van der Waals surface area contributed by atoms with E-state index in [0.29, 0.717) is 0 Å². The number of hydrogen-bond acceptors (Lipinski definition) is 2. The Morgan fingerprint density at radius 1 is 0.556 bits per heavy atom. The molecule has 180 valence electrons. The molecule has 0 saturated heterocycles. The van der Waals surface area contributed by atoms with Crippen LogP contribution in [0, 0.1) is 13.8 Å². The minimum Gasteiger partial charge on any atom is -0.256 e. The van der Waals surface area contributed by atoms with Crippen LogP contribution in [0.4, 0.5) is 11.4 Å². The van der Waals surface area contributed by atoms with E-state index in [1.807, 2.05) is 48.8 Å². The van der Waals surface area contributed by atoms with E-state index in [2.05, 4.69) is 74.5 Å². The van der Waals surface area contributed by atoms with Gasteiger partial charge in [-0.05, 0) is 72.2 Å². The van der Waals surface area contributed by atoms with Crippen LogP contribution in [0.3, 0.4) is 0 Å². The largest absolute Gasteiger partial charge is 0.256 e. The van der Waals surface area contributed by atoms with Crippen molar-refractivity contribution in [2.75, 3.05) is 0 Å². The number of benzene rings is 4. The molecule has 2 nitrogen and oxygen atoms in total. The number of aliphatic imine (C=N–C) groups is 2. The minimum atomic E-state index is 0.0527. The Balaban J connectivity index is 1.45. The topological polar surface area (TPSA) is 24.7 Å². The van der Waals surface area contributed by atoms with E-state index in [-0.39, 0.29) is 5.41 Å². The van der Waals surface area contributed by atoms with Crippen molar-refractivity contribution in [3.63, 3.8) is 0 Å². The van der Waals surface area contributed by atoms with Gasteiger partial charge in [0.1, 0.15) is 0 Å². The second kappa shape index (κ2) is 10.9. The summed E-state index contributed by atoms with van der Waals surface area (Å²) in [5, 5.41) is 0. The van der Waals surface area contributed by atoms with Gasteiger partial charge in [-0.25, -0.2) is 0 Å². The van der Waals surface area contributed by atoms with E-state index in [4.69, 9.17) is 9.98 Å². The van der Waals surface area contributed by atoms with Gasteiger partial charge in [0.2, 0.25) is 0 Å². The minimum absolute atomic E-state index is 0.0527. The lowest BCUT2D eigenvalue weighted by Crippen LogP contribution is -2.30. The lowest BCUT2D eigenvalue weighted by atomic mass is 9.65. The smallest absolute Gasteiger partial charge is 0.0659 e. The van der Waals surface area contributed by atoms with Gasteiger partial charge in [-0.2, -0.15) is 0 Å². The molecule has 0 N–H and O–H groups in total. The number of hydrogen-bond donors (Lipinski definition) is 0. The fourth-order valence-corrected chi connectivity index (χ4v) is 5.46. The molecule has 0 heterocycles. The highest BCUT2D eigenvalue weighted by Crippen LogP contribution is 2.46. The first-order valence-electron chi connectivity index (χ1n) is 13.0. The zero-order chi connectivity index (χ0) is 24.8. The SMILES string of the molecule is Cc1cc(C2(c3ccc(N=Cc4ccccc4)c(C)c3)CCCCC2)ccc1N=Cc1ccccc1. The van der Waals surface area contributed by atoms with Gasteiger partial charge in [0.25, 0.3) is 0 Å². The van der Waals surface area contributed by atoms with E-state index in [1.54, 1.807) is 0 Å². The molecule has 0 aromatic heterocycles. The molecule has 1 aliphatic carbocycles. The van der Waals surface area contributed by atoms with Gasteiger partial charge < -0.3 is 0 Å². The van der Waals surface area contributed by atoms with E-state index >= 15 is 0 Å². The quantitative estimate of drug-likeness (QED) is 0.251. The number of nitrogens with zero attached hydrogens (tertiary/aromatic N) is 2. The normalized spacial score (nSPS) is 15.5. The molecule has 4 aromatic carbocycles. The molecule has 36 heavy (non-hydrogen) atoms.